The van der Waals surface area contributed by atoms with Crippen molar-refractivity contribution >= 4 is 23.2 Å². The second-order valence-electron chi connectivity index (χ2n) is 4.43. The summed E-state index contributed by atoms with van der Waals surface area (Å²) in [6.45, 7) is 0.508. The summed E-state index contributed by atoms with van der Waals surface area (Å²) >= 11 is 1.50. The fourth-order valence-electron chi connectivity index (χ4n) is 1.88. The molecule has 112 valence electrons. The van der Waals surface area contributed by atoms with Gasteiger partial charge in [0.1, 0.15) is 0 Å². The molecule has 0 fully saturated rings. The van der Waals surface area contributed by atoms with Crippen LogP contribution in [0.4, 0.5) is 0 Å². The predicted molar refractivity (Wildman–Crippen MR) is 78.7 cm³/mol. The number of hydrogen-bond donors (Lipinski definition) is 1. The lowest BCUT2D eigenvalue weighted by Crippen LogP contribution is -2.30. The summed E-state index contributed by atoms with van der Waals surface area (Å²) in [5, 5.41) is 8.83. The summed E-state index contributed by atoms with van der Waals surface area (Å²) in [5.74, 6) is -0.464. The first-order valence-electron chi connectivity index (χ1n) is 6.56. The molecule has 6 nitrogen and oxygen atoms in total. The molecule has 0 aliphatic carbocycles. The Balaban J connectivity index is 1.91. The molecule has 2 aromatic heterocycles. The van der Waals surface area contributed by atoms with Crippen LogP contribution in [0.1, 0.15) is 23.8 Å². The number of amides is 1. The molecule has 0 bridgehead atoms. The van der Waals surface area contributed by atoms with Crippen molar-refractivity contribution in [2.75, 3.05) is 7.11 Å². The largest absolute Gasteiger partial charge is 0.469 e. The number of methoxy groups -OCH3 is 1. The number of ether oxygens (including phenoxy) is 1. The molecule has 0 spiro atoms. The zero-order valence-corrected chi connectivity index (χ0v) is 12.5. The Hall–Kier alpha value is -2.15. The number of carbonyl (C=O) groups is 2. The number of carbonyl (C=O) groups excluding carboxylic acids is 2. The summed E-state index contributed by atoms with van der Waals surface area (Å²) in [6, 6.07) is 5.25. The highest BCUT2D eigenvalue weighted by atomic mass is 32.1. The summed E-state index contributed by atoms with van der Waals surface area (Å²) < 4.78 is 6.37. The Morgan fingerprint density at radius 3 is 2.95 bits per heavy atom. The molecular formula is C14H17N3O3S. The minimum Gasteiger partial charge on any atom is -0.469 e. The molecule has 0 radical (unpaired) electrons. The summed E-state index contributed by atoms with van der Waals surface area (Å²) in [6.07, 6.45) is 3.91. The molecular weight excluding hydrogens is 290 g/mol. The van der Waals surface area contributed by atoms with Gasteiger partial charge in [-0.2, -0.15) is 5.10 Å². The van der Waals surface area contributed by atoms with Crippen molar-refractivity contribution in [1.82, 2.24) is 15.1 Å². The van der Waals surface area contributed by atoms with Crippen LogP contribution in [0, 0.1) is 0 Å². The van der Waals surface area contributed by atoms with Crippen LogP contribution in [0.3, 0.4) is 0 Å². The number of aromatic nitrogens is 2. The van der Waals surface area contributed by atoms with E-state index >= 15 is 0 Å². The number of nitrogens with zero attached hydrogens (tertiary/aromatic N) is 2. The molecule has 2 aromatic rings. The maximum atomic E-state index is 12.0. The van der Waals surface area contributed by atoms with Gasteiger partial charge in [-0.3, -0.25) is 14.3 Å². The van der Waals surface area contributed by atoms with Crippen LogP contribution in [-0.4, -0.2) is 28.8 Å². The van der Waals surface area contributed by atoms with Gasteiger partial charge in [0.2, 0.25) is 5.91 Å². The molecule has 0 aromatic carbocycles. The van der Waals surface area contributed by atoms with Gasteiger partial charge in [-0.25, -0.2) is 0 Å². The third-order valence-corrected chi connectivity index (χ3v) is 3.93. The topological polar surface area (TPSA) is 73.2 Å². The van der Waals surface area contributed by atoms with E-state index in [9.17, 15) is 9.59 Å². The minimum atomic E-state index is -0.347. The van der Waals surface area contributed by atoms with Crippen LogP contribution < -0.4 is 5.32 Å². The standard InChI is InChI=1S/C14H17N3O3S/c1-20-14(19)10-11(12-4-2-9-21-12)16-13(18)5-8-17-7-3-6-15-17/h2-4,6-7,9,11H,5,8,10H2,1H3,(H,16,18). The lowest BCUT2D eigenvalue weighted by Gasteiger charge is -2.16. The van der Waals surface area contributed by atoms with Crippen molar-refractivity contribution in [2.24, 2.45) is 0 Å². The van der Waals surface area contributed by atoms with Crippen LogP contribution >= 0.6 is 11.3 Å². The number of esters is 1. The van der Waals surface area contributed by atoms with Crippen molar-refractivity contribution in [2.45, 2.75) is 25.4 Å². The van der Waals surface area contributed by atoms with Gasteiger partial charge in [-0.05, 0) is 17.5 Å². The second-order valence-corrected chi connectivity index (χ2v) is 5.41. The Morgan fingerprint density at radius 1 is 1.48 bits per heavy atom. The number of hydrogen-bond acceptors (Lipinski definition) is 5. The second kappa shape index (κ2) is 7.58. The van der Waals surface area contributed by atoms with Gasteiger partial charge >= 0.3 is 5.97 Å². The van der Waals surface area contributed by atoms with Crippen LogP contribution in [0.15, 0.2) is 36.0 Å². The van der Waals surface area contributed by atoms with E-state index in [0.29, 0.717) is 13.0 Å². The summed E-state index contributed by atoms with van der Waals surface area (Å²) in [7, 11) is 1.34. The van der Waals surface area contributed by atoms with Gasteiger partial charge in [0.25, 0.3) is 0 Å². The first-order chi connectivity index (χ1) is 10.2. The van der Waals surface area contributed by atoms with Gasteiger partial charge in [-0.1, -0.05) is 6.07 Å². The molecule has 0 aliphatic heterocycles. The zero-order valence-electron chi connectivity index (χ0n) is 11.7. The van der Waals surface area contributed by atoms with Crippen LogP contribution in [-0.2, 0) is 20.9 Å². The first-order valence-corrected chi connectivity index (χ1v) is 7.44. The highest BCUT2D eigenvalue weighted by Crippen LogP contribution is 2.22. The molecule has 1 N–H and O–H groups in total. The minimum absolute atomic E-state index is 0.118. The molecule has 1 atom stereocenters. The Labute approximate surface area is 126 Å². The van der Waals surface area contributed by atoms with E-state index in [-0.39, 0.29) is 24.3 Å². The fraction of sp³-hybridized carbons (Fsp3) is 0.357. The molecule has 1 amide bonds. The summed E-state index contributed by atoms with van der Waals surface area (Å²) in [4.78, 5) is 24.4. The maximum absolute atomic E-state index is 12.0. The van der Waals surface area contributed by atoms with E-state index in [1.165, 1.54) is 18.4 Å². The first kappa shape index (κ1) is 15.2. The fourth-order valence-corrected chi connectivity index (χ4v) is 2.66. The molecule has 0 saturated carbocycles. The number of rotatable bonds is 7. The van der Waals surface area contributed by atoms with Gasteiger partial charge in [-0.15, -0.1) is 11.3 Å². The summed E-state index contributed by atoms with van der Waals surface area (Å²) in [5.41, 5.74) is 0. The van der Waals surface area contributed by atoms with Crippen molar-refractivity contribution < 1.29 is 14.3 Å². The van der Waals surface area contributed by atoms with E-state index in [4.69, 9.17) is 0 Å². The van der Waals surface area contributed by atoms with E-state index < -0.39 is 0 Å². The van der Waals surface area contributed by atoms with Crippen molar-refractivity contribution in [3.05, 3.63) is 40.8 Å². The zero-order chi connectivity index (χ0) is 15.1. The van der Waals surface area contributed by atoms with E-state index in [2.05, 4.69) is 15.2 Å². The van der Waals surface area contributed by atoms with Crippen LogP contribution in [0.5, 0.6) is 0 Å². The Morgan fingerprint density at radius 2 is 2.33 bits per heavy atom. The SMILES string of the molecule is COC(=O)CC(NC(=O)CCn1cccn1)c1cccs1. The third-order valence-electron chi connectivity index (χ3n) is 2.95. The Kier molecular flexibility index (Phi) is 5.51. The normalized spacial score (nSPS) is 11.9. The highest BCUT2D eigenvalue weighted by molar-refractivity contribution is 7.10. The van der Waals surface area contributed by atoms with E-state index in [1.54, 1.807) is 17.1 Å². The van der Waals surface area contributed by atoms with Gasteiger partial charge in [0.05, 0.1) is 19.6 Å². The van der Waals surface area contributed by atoms with Crippen molar-refractivity contribution in [1.29, 1.82) is 0 Å². The van der Waals surface area contributed by atoms with Gasteiger partial charge < -0.3 is 10.1 Å². The van der Waals surface area contributed by atoms with Gasteiger partial charge in [0, 0.05) is 30.2 Å². The molecule has 0 aliphatic rings. The lowest BCUT2D eigenvalue weighted by molar-refractivity contribution is -0.141. The Bertz CT molecular complexity index is 566. The molecule has 21 heavy (non-hydrogen) atoms. The quantitative estimate of drug-likeness (QED) is 0.791. The van der Waals surface area contributed by atoms with Crippen molar-refractivity contribution in [3.63, 3.8) is 0 Å². The van der Waals surface area contributed by atoms with Gasteiger partial charge in [0.15, 0.2) is 0 Å². The number of aryl methyl sites for hydroxylation is 1. The van der Waals surface area contributed by atoms with Crippen LogP contribution in [0.2, 0.25) is 0 Å². The molecule has 7 heteroatoms. The predicted octanol–water partition coefficient (Wildman–Crippen LogP) is 1.76. The lowest BCUT2D eigenvalue weighted by atomic mass is 10.1. The molecule has 2 heterocycles. The highest BCUT2D eigenvalue weighted by Gasteiger charge is 2.19. The van der Waals surface area contributed by atoms with Crippen molar-refractivity contribution in [3.8, 4) is 0 Å². The average Bonchev–Trinajstić information content (AvgIpc) is 3.17. The number of nitrogens with one attached hydrogen (secondary N) is 1. The average molecular weight is 307 g/mol. The monoisotopic (exact) mass is 307 g/mol. The third kappa shape index (κ3) is 4.71. The van der Waals surface area contributed by atoms with E-state index in [0.717, 1.165) is 4.88 Å². The maximum Gasteiger partial charge on any atom is 0.307 e. The van der Waals surface area contributed by atoms with Crippen LogP contribution in [0.25, 0.3) is 0 Å². The smallest absolute Gasteiger partial charge is 0.307 e. The molecule has 1 unspecified atom stereocenters. The number of thiophene rings is 1. The molecule has 0 saturated heterocycles. The molecule has 2 rings (SSSR count). The van der Waals surface area contributed by atoms with E-state index in [1.807, 2.05) is 23.6 Å².